The number of carbonyl (C=O) groups excluding carboxylic acids is 2. The van der Waals surface area contributed by atoms with Gasteiger partial charge in [-0.2, -0.15) is 4.76 Å². The summed E-state index contributed by atoms with van der Waals surface area (Å²) in [7, 11) is -7.97. The molecule has 2 saturated carbocycles. The van der Waals surface area contributed by atoms with Crippen LogP contribution < -0.4 is 15.3 Å². The van der Waals surface area contributed by atoms with E-state index in [1.165, 1.54) is 18.2 Å². The summed E-state index contributed by atoms with van der Waals surface area (Å²) in [5, 5.41) is 2.87. The fourth-order valence-corrected chi connectivity index (χ4v) is 8.30. The van der Waals surface area contributed by atoms with Crippen molar-refractivity contribution in [2.45, 2.75) is 58.4 Å². The van der Waals surface area contributed by atoms with Crippen LogP contribution >= 0.6 is 7.52 Å². The fourth-order valence-electron chi connectivity index (χ4n) is 6.43. The van der Waals surface area contributed by atoms with Crippen LogP contribution in [0.2, 0.25) is 0 Å². The maximum atomic E-state index is 14.1. The third-order valence-corrected chi connectivity index (χ3v) is 10.1. The number of ketones is 1. The van der Waals surface area contributed by atoms with Crippen LogP contribution in [0, 0.1) is 23.2 Å². The molecule has 1 aromatic carbocycles. The van der Waals surface area contributed by atoms with Crippen molar-refractivity contribution in [1.29, 1.82) is 0 Å². The number of rotatable bonds is 5. The summed E-state index contributed by atoms with van der Waals surface area (Å²) in [4.78, 5) is 40.5. The number of benzene rings is 1. The number of hydrogen-bond donors (Lipinski definition) is 3. The number of hydrogen-bond acceptors (Lipinski definition) is 6. The normalized spacial score (nSPS) is 33.6. The molecule has 1 aromatic rings. The lowest BCUT2D eigenvalue weighted by atomic mass is 9.76. The molecule has 4 aliphatic rings. The van der Waals surface area contributed by atoms with Crippen molar-refractivity contribution in [2.24, 2.45) is 27.9 Å². The van der Waals surface area contributed by atoms with E-state index in [1.807, 2.05) is 0 Å². The van der Waals surface area contributed by atoms with Crippen LogP contribution in [-0.4, -0.2) is 54.1 Å². The highest BCUT2D eigenvalue weighted by Gasteiger charge is 2.67. The average Bonchev–Trinajstić information content (AvgIpc) is 3.39. The number of nitrogens with zero attached hydrogens (tertiary/aromatic N) is 2. The minimum Gasteiger partial charge on any atom is -0.342 e. The minimum atomic E-state index is -4.38. The zero-order valence-corrected chi connectivity index (χ0v) is 22.7. The number of nitrogens with one attached hydrogen (secondary N) is 2. The van der Waals surface area contributed by atoms with E-state index >= 15 is 0 Å². The Morgan fingerprint density at radius 1 is 1.28 bits per heavy atom. The fraction of sp³-hybridized carbons (Fsp3) is 0.625. The predicted octanol–water partition coefficient (Wildman–Crippen LogP) is 2.72. The molecular weight excluding hydrogens is 503 g/mol. The zero-order chi connectivity index (χ0) is 26.3. The van der Waals surface area contributed by atoms with E-state index in [1.54, 1.807) is 4.90 Å². The molecule has 1 amide bonds. The Kier molecular flexibility index (Phi) is 5.74. The second-order valence-electron chi connectivity index (χ2n) is 11.9. The number of fused-ring (bicyclic) bond motifs is 4. The molecule has 12 heteroatoms. The van der Waals surface area contributed by atoms with Gasteiger partial charge in [0.15, 0.2) is 11.7 Å². The van der Waals surface area contributed by atoms with Crippen molar-refractivity contribution in [3.05, 3.63) is 18.2 Å². The summed E-state index contributed by atoms with van der Waals surface area (Å²) in [5.74, 6) is -1.43. The van der Waals surface area contributed by atoms with Crippen LogP contribution in [0.15, 0.2) is 23.0 Å². The number of Topliss-reactive ketones (excluding diaryl/α,β-unsaturated/α-hetero) is 1. The molecule has 2 aliphatic heterocycles. The summed E-state index contributed by atoms with van der Waals surface area (Å²) in [6.07, 6.45) is 5.25. The van der Waals surface area contributed by atoms with Gasteiger partial charge in [-0.1, -0.05) is 20.8 Å². The molecule has 2 aliphatic carbocycles. The Morgan fingerprint density at radius 3 is 2.58 bits per heavy atom. The molecule has 2 heterocycles. The number of carbonyl (C=O) groups is 2. The Labute approximate surface area is 211 Å². The highest BCUT2D eigenvalue weighted by Crippen LogP contribution is 2.58. The van der Waals surface area contributed by atoms with Gasteiger partial charge in [0.1, 0.15) is 11.4 Å². The van der Waals surface area contributed by atoms with Gasteiger partial charge in [-0.25, -0.2) is 8.42 Å². The van der Waals surface area contributed by atoms with Gasteiger partial charge >= 0.3 is 7.52 Å². The Balaban J connectivity index is 1.51. The van der Waals surface area contributed by atoms with E-state index in [0.717, 1.165) is 31.9 Å². The first-order valence-electron chi connectivity index (χ1n) is 12.3. The third kappa shape index (κ3) is 4.19. The van der Waals surface area contributed by atoms with Crippen molar-refractivity contribution in [2.75, 3.05) is 22.8 Å². The predicted molar refractivity (Wildman–Crippen MR) is 138 cm³/mol. The number of amides is 1. The van der Waals surface area contributed by atoms with Gasteiger partial charge in [-0.15, -0.1) is 0 Å². The van der Waals surface area contributed by atoms with Crippen molar-refractivity contribution in [3.63, 3.8) is 0 Å². The van der Waals surface area contributed by atoms with Crippen molar-refractivity contribution >= 4 is 51.7 Å². The van der Waals surface area contributed by atoms with Gasteiger partial charge in [0.05, 0.1) is 17.2 Å². The van der Waals surface area contributed by atoms with Crippen LogP contribution in [0.5, 0.6) is 0 Å². The summed E-state index contributed by atoms with van der Waals surface area (Å²) in [6.45, 7) is 6.74. The van der Waals surface area contributed by atoms with Crippen LogP contribution in [0.1, 0.15) is 52.9 Å². The third-order valence-electron chi connectivity index (χ3n) is 7.98. The molecule has 1 spiro atoms. The van der Waals surface area contributed by atoms with E-state index in [-0.39, 0.29) is 45.5 Å². The first kappa shape index (κ1) is 25.4. The lowest BCUT2D eigenvalue weighted by Gasteiger charge is -2.41. The largest absolute Gasteiger partial charge is 0.345 e. The Morgan fingerprint density at radius 2 is 2.00 bits per heavy atom. The molecule has 196 valence electrons. The summed E-state index contributed by atoms with van der Waals surface area (Å²) >= 11 is 0. The monoisotopic (exact) mass is 536 g/mol. The molecule has 5 unspecified atom stereocenters. The molecule has 36 heavy (non-hydrogen) atoms. The van der Waals surface area contributed by atoms with Gasteiger partial charge in [-0.05, 0) is 67.6 Å². The van der Waals surface area contributed by atoms with Crippen molar-refractivity contribution < 1.29 is 27.5 Å². The molecule has 5 atom stereocenters. The average molecular weight is 537 g/mol. The smallest absolute Gasteiger partial charge is 0.342 e. The Bertz CT molecular complexity index is 1340. The van der Waals surface area contributed by atoms with E-state index < -0.39 is 29.0 Å². The molecule has 5 rings (SSSR count). The molecule has 3 N–H and O–H groups in total. The molecule has 1 saturated heterocycles. The number of sulfonamides is 1. The second kappa shape index (κ2) is 8.13. The van der Waals surface area contributed by atoms with Crippen LogP contribution in [0.25, 0.3) is 0 Å². The number of likely N-dealkylation sites (tertiary alicyclic amines) is 1. The van der Waals surface area contributed by atoms with E-state index in [2.05, 4.69) is 35.6 Å². The van der Waals surface area contributed by atoms with Crippen LogP contribution in [0.4, 0.5) is 11.4 Å². The topological polar surface area (TPSA) is 145 Å². The summed E-state index contributed by atoms with van der Waals surface area (Å²) in [5.41, 5.74) is -0.560. The van der Waals surface area contributed by atoms with Crippen molar-refractivity contribution in [1.82, 2.24) is 4.90 Å². The Hall–Kier alpha value is -2.23. The summed E-state index contributed by atoms with van der Waals surface area (Å²) < 4.78 is 42.7. The number of amidine groups is 1. The van der Waals surface area contributed by atoms with E-state index in [4.69, 9.17) is 0 Å². The van der Waals surface area contributed by atoms with Gasteiger partial charge in [0.2, 0.25) is 15.9 Å². The molecule has 0 aromatic heterocycles. The minimum absolute atomic E-state index is 0.0295. The standard InChI is InChI=1S/C24H33N4O6PS/c1-23(2,3)9-10-28-22(30)19(20(29)24(28)13-14-5-6-15(24)11-14)21-25-17-8-7-16(27-36(4,33)34)12-18(17)35(31,32)26-21/h7-8,12,14-15,19,27H,5-6,9-11,13H2,1-4H3,(H2,25,26,31,32). The highest BCUT2D eigenvalue weighted by atomic mass is 32.2. The highest BCUT2D eigenvalue weighted by molar-refractivity contribution is 7.92. The van der Waals surface area contributed by atoms with Crippen LogP contribution in [-0.2, 0) is 24.2 Å². The quantitative estimate of drug-likeness (QED) is 0.388. The molecule has 10 nitrogen and oxygen atoms in total. The zero-order valence-electron chi connectivity index (χ0n) is 20.9. The summed E-state index contributed by atoms with van der Waals surface area (Å²) in [6, 6.07) is 4.14. The first-order chi connectivity index (χ1) is 16.6. The molecule has 0 radical (unpaired) electrons. The maximum Gasteiger partial charge on any atom is 0.345 e. The van der Waals surface area contributed by atoms with Gasteiger partial charge in [0, 0.05) is 12.2 Å². The maximum absolute atomic E-state index is 14.1. The van der Waals surface area contributed by atoms with Gasteiger partial charge < -0.3 is 15.1 Å². The number of anilines is 2. The second-order valence-corrected chi connectivity index (χ2v) is 15.4. The van der Waals surface area contributed by atoms with Crippen molar-refractivity contribution in [3.8, 4) is 0 Å². The van der Waals surface area contributed by atoms with E-state index in [9.17, 15) is 27.5 Å². The molecule has 2 bridgehead atoms. The van der Waals surface area contributed by atoms with Gasteiger partial charge in [0.25, 0.3) is 0 Å². The molecular formula is C24H33N4O6PS. The van der Waals surface area contributed by atoms with Gasteiger partial charge in [-0.3, -0.25) is 18.9 Å². The van der Waals surface area contributed by atoms with Crippen LogP contribution in [0.3, 0.4) is 0 Å². The lowest BCUT2D eigenvalue weighted by Crippen LogP contribution is -2.54. The first-order valence-corrected chi connectivity index (χ1v) is 15.8. The van der Waals surface area contributed by atoms with E-state index in [0.29, 0.717) is 18.9 Å². The SMILES string of the molecule is CC(C)(C)CCN1C(=O)C(C2=NP(=O)(O)c3cc(NS(C)(=O)=O)ccc3N2)C(=O)C12CC1CCC2C1. The lowest BCUT2D eigenvalue weighted by molar-refractivity contribution is -0.136. The molecule has 3 fully saturated rings.